The number of carboxylic acid groups (broad SMARTS) is 6. The minimum absolute atomic E-state index is 0.190. The molecule has 0 aliphatic heterocycles. The van der Waals surface area contributed by atoms with E-state index in [1.807, 2.05) is 0 Å². The van der Waals surface area contributed by atoms with Gasteiger partial charge in [-0.15, -0.1) is 0 Å². The highest BCUT2D eigenvalue weighted by molar-refractivity contribution is 6.01. The van der Waals surface area contributed by atoms with Crippen molar-refractivity contribution in [3.05, 3.63) is 71.3 Å². The van der Waals surface area contributed by atoms with Gasteiger partial charge in [0.15, 0.2) is 5.60 Å². The number of aliphatic carboxylic acids is 3. The Labute approximate surface area is 190 Å². The Bertz CT molecular complexity index is 995. The van der Waals surface area contributed by atoms with Crippen LogP contribution in [0.4, 0.5) is 0 Å². The maximum Gasteiger partial charge on any atom is 0.336 e. The van der Waals surface area contributed by atoms with Crippen LogP contribution in [0, 0.1) is 0 Å². The molecule has 2 aromatic carbocycles. The van der Waals surface area contributed by atoms with Gasteiger partial charge in [0.2, 0.25) is 0 Å². The molecule has 0 aliphatic rings. The lowest BCUT2D eigenvalue weighted by Crippen LogP contribution is -2.42. The second kappa shape index (κ2) is 13.6. The summed E-state index contributed by atoms with van der Waals surface area (Å²) in [5.74, 6) is -8.36. The zero-order chi connectivity index (χ0) is 26.5. The van der Waals surface area contributed by atoms with E-state index >= 15 is 0 Å². The lowest BCUT2D eigenvalue weighted by molar-refractivity contribution is -0.170. The van der Waals surface area contributed by atoms with Crippen molar-refractivity contribution in [3.63, 3.8) is 0 Å². The SMILES string of the molecule is O=C(O)CC(O)(CC(=O)O)C(=O)O.O=C(O)c1ccccc1.O=C(O)c1ccccc1C(=O)O. The maximum atomic E-state index is 10.5. The zero-order valence-corrected chi connectivity index (χ0v) is 17.2. The highest BCUT2D eigenvalue weighted by Gasteiger charge is 2.40. The first-order valence-electron chi connectivity index (χ1n) is 8.94. The van der Waals surface area contributed by atoms with Gasteiger partial charge in [0.25, 0.3) is 0 Å². The molecular weight excluding hydrogens is 460 g/mol. The van der Waals surface area contributed by atoms with Crippen LogP contribution in [0.15, 0.2) is 54.6 Å². The van der Waals surface area contributed by atoms with E-state index in [0.717, 1.165) is 0 Å². The standard InChI is InChI=1S/C8H6O4.C7H6O2.C6H8O7/c9-7(10)5-3-1-2-4-6(5)8(11)12;8-7(9)6-4-2-1-3-5-6;7-3(8)1-6(13,5(11)12)2-4(9)10/h1-4H,(H,9,10)(H,11,12);1-5H,(H,8,9);13H,1-2H2,(H,7,8)(H,9,10)(H,11,12). The van der Waals surface area contributed by atoms with Crippen molar-refractivity contribution in [2.75, 3.05) is 0 Å². The molecule has 0 aromatic heterocycles. The summed E-state index contributed by atoms with van der Waals surface area (Å²) in [6, 6.07) is 13.8. The molecule has 0 heterocycles. The highest BCUT2D eigenvalue weighted by Crippen LogP contribution is 2.15. The smallest absolute Gasteiger partial charge is 0.336 e. The van der Waals surface area contributed by atoms with Crippen molar-refractivity contribution in [1.82, 2.24) is 0 Å². The molecule has 0 saturated heterocycles. The van der Waals surface area contributed by atoms with E-state index in [1.165, 1.54) is 24.3 Å². The van der Waals surface area contributed by atoms with E-state index in [9.17, 15) is 28.8 Å². The molecule has 0 aliphatic carbocycles. The Hall–Kier alpha value is -4.78. The van der Waals surface area contributed by atoms with Crippen molar-refractivity contribution in [2.45, 2.75) is 18.4 Å². The fourth-order valence-electron chi connectivity index (χ4n) is 2.15. The van der Waals surface area contributed by atoms with E-state index in [4.69, 9.17) is 35.7 Å². The Morgan fingerprint density at radius 2 is 0.912 bits per heavy atom. The fraction of sp³-hybridized carbons (Fsp3) is 0.143. The lowest BCUT2D eigenvalue weighted by Gasteiger charge is -2.18. The van der Waals surface area contributed by atoms with Crippen LogP contribution in [0.2, 0.25) is 0 Å². The molecular formula is C21H20O13. The third-order valence-corrected chi connectivity index (χ3v) is 3.69. The Morgan fingerprint density at radius 3 is 1.15 bits per heavy atom. The molecule has 0 atom stereocenters. The third kappa shape index (κ3) is 10.5. The molecule has 0 saturated carbocycles. The summed E-state index contributed by atoms with van der Waals surface area (Å²) in [4.78, 5) is 61.6. The molecule has 7 N–H and O–H groups in total. The summed E-state index contributed by atoms with van der Waals surface area (Å²) in [5.41, 5.74) is -2.79. The van der Waals surface area contributed by atoms with Crippen molar-refractivity contribution in [2.24, 2.45) is 0 Å². The van der Waals surface area contributed by atoms with Crippen LogP contribution < -0.4 is 0 Å². The summed E-state index contributed by atoms with van der Waals surface area (Å²) in [6.45, 7) is 0. The van der Waals surface area contributed by atoms with Gasteiger partial charge in [0, 0.05) is 0 Å². The van der Waals surface area contributed by atoms with Crippen LogP contribution in [-0.4, -0.2) is 77.2 Å². The molecule has 13 heteroatoms. The number of hydrogen-bond donors (Lipinski definition) is 7. The number of carboxylic acids is 6. The molecule has 0 bridgehead atoms. The van der Waals surface area contributed by atoms with Crippen LogP contribution in [0.3, 0.4) is 0 Å². The normalized spacial score (nSPS) is 9.79. The number of rotatable bonds is 8. The predicted molar refractivity (Wildman–Crippen MR) is 111 cm³/mol. The van der Waals surface area contributed by atoms with Crippen molar-refractivity contribution >= 4 is 35.8 Å². The summed E-state index contributed by atoms with van der Waals surface area (Å²) in [7, 11) is 0. The van der Waals surface area contributed by atoms with Gasteiger partial charge in [0.05, 0.1) is 29.5 Å². The Balaban J connectivity index is 0.000000487. The van der Waals surface area contributed by atoms with E-state index < -0.39 is 54.3 Å². The van der Waals surface area contributed by atoms with Gasteiger partial charge < -0.3 is 35.7 Å². The van der Waals surface area contributed by atoms with E-state index in [-0.39, 0.29) is 11.1 Å². The molecule has 0 unspecified atom stereocenters. The van der Waals surface area contributed by atoms with E-state index in [2.05, 4.69) is 0 Å². The minimum atomic E-state index is -2.74. The lowest BCUT2D eigenvalue weighted by atomic mass is 9.96. The number of aliphatic hydroxyl groups is 1. The second-order valence-electron chi connectivity index (χ2n) is 6.30. The van der Waals surface area contributed by atoms with Gasteiger partial charge in [-0.25, -0.2) is 19.2 Å². The summed E-state index contributed by atoms with van der Waals surface area (Å²) in [5, 5.41) is 59.3. The maximum absolute atomic E-state index is 10.5. The van der Waals surface area contributed by atoms with Gasteiger partial charge in [0.1, 0.15) is 0 Å². The third-order valence-electron chi connectivity index (χ3n) is 3.69. The van der Waals surface area contributed by atoms with Gasteiger partial charge >= 0.3 is 35.8 Å². The summed E-state index contributed by atoms with van der Waals surface area (Å²) < 4.78 is 0. The van der Waals surface area contributed by atoms with Crippen molar-refractivity contribution in [1.29, 1.82) is 0 Å². The minimum Gasteiger partial charge on any atom is -0.481 e. The van der Waals surface area contributed by atoms with Gasteiger partial charge in [-0.05, 0) is 24.3 Å². The van der Waals surface area contributed by atoms with Gasteiger partial charge in [-0.3, -0.25) is 9.59 Å². The molecule has 13 nitrogen and oxygen atoms in total. The summed E-state index contributed by atoms with van der Waals surface area (Å²) in [6.07, 6.45) is -2.29. The molecule has 2 rings (SSSR count). The molecule has 0 fully saturated rings. The molecule has 0 radical (unpaired) electrons. The monoisotopic (exact) mass is 480 g/mol. The van der Waals surface area contributed by atoms with Gasteiger partial charge in [-0.2, -0.15) is 0 Å². The van der Waals surface area contributed by atoms with Crippen LogP contribution in [-0.2, 0) is 14.4 Å². The van der Waals surface area contributed by atoms with Crippen LogP contribution in [0.25, 0.3) is 0 Å². The second-order valence-corrected chi connectivity index (χ2v) is 6.30. The van der Waals surface area contributed by atoms with Crippen LogP contribution in [0.5, 0.6) is 0 Å². The van der Waals surface area contributed by atoms with Crippen molar-refractivity contribution < 1.29 is 64.5 Å². The first kappa shape index (κ1) is 29.2. The zero-order valence-electron chi connectivity index (χ0n) is 17.2. The Kier molecular flexibility index (Phi) is 11.7. The molecule has 0 spiro atoms. The molecule has 0 amide bonds. The fourth-order valence-corrected chi connectivity index (χ4v) is 2.15. The first-order valence-corrected chi connectivity index (χ1v) is 8.94. The average molecular weight is 480 g/mol. The number of benzene rings is 2. The van der Waals surface area contributed by atoms with Crippen LogP contribution in [0.1, 0.15) is 43.9 Å². The Morgan fingerprint density at radius 1 is 0.559 bits per heavy atom. The largest absolute Gasteiger partial charge is 0.481 e. The first-order chi connectivity index (χ1) is 15.7. The predicted octanol–water partition coefficient (Wildman–Crippen LogP) is 1.22. The number of hydrogen-bond acceptors (Lipinski definition) is 7. The van der Waals surface area contributed by atoms with E-state index in [0.29, 0.717) is 5.56 Å². The highest BCUT2D eigenvalue weighted by atomic mass is 16.4. The summed E-state index contributed by atoms with van der Waals surface area (Å²) >= 11 is 0. The molecule has 182 valence electrons. The van der Waals surface area contributed by atoms with E-state index in [1.54, 1.807) is 30.3 Å². The average Bonchev–Trinajstić information content (AvgIpc) is 2.74. The quantitative estimate of drug-likeness (QED) is 0.281. The molecule has 2 aromatic rings. The topological polar surface area (TPSA) is 244 Å². The van der Waals surface area contributed by atoms with Crippen LogP contribution >= 0.6 is 0 Å². The van der Waals surface area contributed by atoms with Crippen molar-refractivity contribution in [3.8, 4) is 0 Å². The molecule has 34 heavy (non-hydrogen) atoms. The number of aromatic carboxylic acids is 3. The number of carbonyl (C=O) groups is 6. The van der Waals surface area contributed by atoms with Gasteiger partial charge in [-0.1, -0.05) is 30.3 Å².